The molecule has 0 bridgehead atoms. The Morgan fingerprint density at radius 3 is 2.50 bits per heavy atom. The number of carbonyl (C=O) groups is 1. The zero-order valence-electron chi connectivity index (χ0n) is 11.5. The van der Waals surface area contributed by atoms with E-state index in [1.54, 1.807) is 13.1 Å². The van der Waals surface area contributed by atoms with E-state index in [4.69, 9.17) is 0 Å². The van der Waals surface area contributed by atoms with Gasteiger partial charge in [0.2, 0.25) is 15.9 Å². The molecule has 0 unspecified atom stereocenters. The highest BCUT2D eigenvalue weighted by Crippen LogP contribution is 2.11. The molecule has 0 radical (unpaired) electrons. The van der Waals surface area contributed by atoms with Crippen LogP contribution in [-0.4, -0.2) is 38.9 Å². The predicted molar refractivity (Wildman–Crippen MR) is 78.3 cm³/mol. The van der Waals surface area contributed by atoms with E-state index in [-0.39, 0.29) is 18.4 Å². The van der Waals surface area contributed by atoms with Gasteiger partial charge in [0.25, 0.3) is 0 Å². The van der Waals surface area contributed by atoms with Crippen LogP contribution >= 0.6 is 0 Å². The van der Waals surface area contributed by atoms with Gasteiger partial charge in [-0.05, 0) is 18.6 Å². The molecule has 1 amide bonds. The van der Waals surface area contributed by atoms with Crippen molar-refractivity contribution in [3.63, 3.8) is 0 Å². The summed E-state index contributed by atoms with van der Waals surface area (Å²) in [6, 6.07) is 7.21. The Morgan fingerprint density at radius 2 is 1.95 bits per heavy atom. The normalized spacial score (nSPS) is 20.0. The number of likely N-dealkylation sites (tertiary alicyclic amines) is 1. The molecule has 2 rings (SSSR count). The third-order valence-electron chi connectivity index (χ3n) is 3.19. The Bertz CT molecular complexity index is 620. The molecule has 1 aromatic carbocycles. The van der Waals surface area contributed by atoms with Gasteiger partial charge < -0.3 is 4.90 Å². The maximum absolute atomic E-state index is 11.9. The third-order valence-corrected chi connectivity index (χ3v) is 4.35. The highest BCUT2D eigenvalue weighted by molar-refractivity contribution is 7.92. The molecule has 5 nitrogen and oxygen atoms in total. The first-order valence-corrected chi connectivity index (χ1v) is 7.91. The second-order valence-electron chi connectivity index (χ2n) is 5.05. The van der Waals surface area contributed by atoms with E-state index in [2.05, 4.69) is 4.72 Å². The van der Waals surface area contributed by atoms with Crippen molar-refractivity contribution in [1.29, 1.82) is 0 Å². The highest BCUT2D eigenvalue weighted by atomic mass is 32.2. The fourth-order valence-corrected chi connectivity index (χ4v) is 3.10. The van der Waals surface area contributed by atoms with Gasteiger partial charge in [-0.2, -0.15) is 0 Å². The lowest BCUT2D eigenvalue weighted by atomic mass is 10.2. The number of likely N-dealkylation sites (N-methyl/N-ethyl adjacent to an activating group) is 1. The van der Waals surface area contributed by atoms with E-state index in [1.807, 2.05) is 31.2 Å². The number of nitrogens with zero attached hydrogens (tertiary/aromatic N) is 1. The molecule has 1 fully saturated rings. The smallest absolute Gasteiger partial charge is 0.234 e. The summed E-state index contributed by atoms with van der Waals surface area (Å²) in [5.74, 6) is -0.0415. The van der Waals surface area contributed by atoms with Gasteiger partial charge in [0.05, 0.1) is 0 Å². The minimum atomic E-state index is -3.53. The standard InChI is InChI=1S/C14H18N2O3S/c1-11-3-5-12(6-4-11)7-8-20(18,19)15-13-9-14(17)16(2)10-13/h3-8,13,15H,9-10H2,1-2H3/b8-7+/t13-/m1/s1. The van der Waals surface area contributed by atoms with Crippen LogP contribution in [-0.2, 0) is 14.8 Å². The number of aryl methyl sites for hydroxylation is 1. The Labute approximate surface area is 119 Å². The van der Waals surface area contributed by atoms with Gasteiger partial charge in [0.15, 0.2) is 0 Å². The summed E-state index contributed by atoms with van der Waals surface area (Å²) in [4.78, 5) is 12.9. The second-order valence-corrected chi connectivity index (χ2v) is 6.65. The van der Waals surface area contributed by atoms with E-state index < -0.39 is 10.0 Å². The summed E-state index contributed by atoms with van der Waals surface area (Å²) in [5, 5.41) is 1.14. The van der Waals surface area contributed by atoms with E-state index in [0.717, 1.165) is 16.5 Å². The van der Waals surface area contributed by atoms with Gasteiger partial charge in [-0.1, -0.05) is 29.8 Å². The second kappa shape index (κ2) is 5.76. The average Bonchev–Trinajstić information content (AvgIpc) is 2.67. The molecule has 0 aliphatic carbocycles. The largest absolute Gasteiger partial charge is 0.344 e. The number of hydrogen-bond acceptors (Lipinski definition) is 3. The molecular formula is C14H18N2O3S. The number of carbonyl (C=O) groups excluding carboxylic acids is 1. The molecule has 1 atom stereocenters. The number of nitrogens with one attached hydrogen (secondary N) is 1. The molecule has 1 N–H and O–H groups in total. The summed E-state index contributed by atoms with van der Waals surface area (Å²) >= 11 is 0. The lowest BCUT2D eigenvalue weighted by Crippen LogP contribution is -2.35. The van der Waals surface area contributed by atoms with Gasteiger partial charge in [0.1, 0.15) is 0 Å². The lowest BCUT2D eigenvalue weighted by Gasteiger charge is -2.10. The van der Waals surface area contributed by atoms with Gasteiger partial charge in [-0.3, -0.25) is 4.79 Å². The van der Waals surface area contributed by atoms with Crippen LogP contribution in [0.5, 0.6) is 0 Å². The lowest BCUT2D eigenvalue weighted by molar-refractivity contribution is -0.126. The first-order chi connectivity index (χ1) is 9.35. The first-order valence-electron chi connectivity index (χ1n) is 6.37. The SMILES string of the molecule is Cc1ccc(/C=C/S(=O)(=O)N[C@@H]2CC(=O)N(C)C2)cc1. The third kappa shape index (κ3) is 3.91. The van der Waals surface area contributed by atoms with Crippen LogP contribution in [0, 0.1) is 6.92 Å². The predicted octanol–water partition coefficient (Wildman–Crippen LogP) is 1.12. The molecule has 1 aliphatic heterocycles. The van der Waals surface area contributed by atoms with Crippen LogP contribution in [0.4, 0.5) is 0 Å². The van der Waals surface area contributed by atoms with Crippen LogP contribution in [0.25, 0.3) is 6.08 Å². The van der Waals surface area contributed by atoms with Gasteiger partial charge >= 0.3 is 0 Å². The molecule has 0 aromatic heterocycles. The van der Waals surface area contributed by atoms with Crippen molar-refractivity contribution in [3.05, 3.63) is 40.8 Å². The number of sulfonamides is 1. The maximum Gasteiger partial charge on any atom is 0.234 e. The molecule has 6 heteroatoms. The minimum absolute atomic E-state index is 0.0415. The van der Waals surface area contributed by atoms with Crippen molar-refractivity contribution in [3.8, 4) is 0 Å². The molecule has 0 saturated carbocycles. The van der Waals surface area contributed by atoms with Crippen molar-refractivity contribution >= 4 is 22.0 Å². The van der Waals surface area contributed by atoms with Gasteiger partial charge in [-0.25, -0.2) is 13.1 Å². The number of benzene rings is 1. The summed E-state index contributed by atoms with van der Waals surface area (Å²) in [7, 11) is -1.86. The number of rotatable bonds is 4. The maximum atomic E-state index is 11.9. The van der Waals surface area contributed by atoms with E-state index in [1.165, 1.54) is 4.90 Å². The first kappa shape index (κ1) is 14.7. The van der Waals surface area contributed by atoms with Crippen molar-refractivity contribution in [2.75, 3.05) is 13.6 Å². The zero-order chi connectivity index (χ0) is 14.8. The molecule has 108 valence electrons. The van der Waals surface area contributed by atoms with Crippen molar-refractivity contribution in [2.24, 2.45) is 0 Å². The van der Waals surface area contributed by atoms with Crippen LogP contribution in [0.3, 0.4) is 0 Å². The Kier molecular flexibility index (Phi) is 4.25. The van der Waals surface area contributed by atoms with Crippen molar-refractivity contribution < 1.29 is 13.2 Å². The summed E-state index contributed by atoms with van der Waals surface area (Å²) in [6.45, 7) is 2.38. The van der Waals surface area contributed by atoms with Crippen molar-refractivity contribution in [2.45, 2.75) is 19.4 Å². The Hall–Kier alpha value is -1.66. The molecule has 1 aliphatic rings. The van der Waals surface area contributed by atoms with E-state index in [9.17, 15) is 13.2 Å². The Morgan fingerprint density at radius 1 is 1.30 bits per heavy atom. The van der Waals surface area contributed by atoms with Crippen molar-refractivity contribution in [1.82, 2.24) is 9.62 Å². The average molecular weight is 294 g/mol. The fraction of sp³-hybridized carbons (Fsp3) is 0.357. The van der Waals surface area contributed by atoms with Gasteiger partial charge in [-0.15, -0.1) is 0 Å². The number of amides is 1. The van der Waals surface area contributed by atoms with Crippen LogP contribution in [0.15, 0.2) is 29.7 Å². The monoisotopic (exact) mass is 294 g/mol. The molecule has 0 spiro atoms. The summed E-state index contributed by atoms with van der Waals surface area (Å²) in [5.41, 5.74) is 1.94. The quantitative estimate of drug-likeness (QED) is 0.905. The van der Waals surface area contributed by atoms with Crippen LogP contribution < -0.4 is 4.72 Å². The van der Waals surface area contributed by atoms with Gasteiger partial charge in [0, 0.05) is 31.5 Å². The van der Waals surface area contributed by atoms with Crippen LogP contribution in [0.1, 0.15) is 17.5 Å². The minimum Gasteiger partial charge on any atom is -0.344 e. The fourth-order valence-electron chi connectivity index (χ4n) is 2.06. The molecule has 1 saturated heterocycles. The molecule has 1 heterocycles. The topological polar surface area (TPSA) is 66.5 Å². The summed E-state index contributed by atoms with van der Waals surface area (Å²) in [6.07, 6.45) is 1.76. The number of hydrogen-bond donors (Lipinski definition) is 1. The molecule has 1 aromatic rings. The van der Waals surface area contributed by atoms with E-state index in [0.29, 0.717) is 6.54 Å². The molecule has 20 heavy (non-hydrogen) atoms. The zero-order valence-corrected chi connectivity index (χ0v) is 12.4. The Balaban J connectivity index is 2.01. The molecular weight excluding hydrogens is 276 g/mol. The van der Waals surface area contributed by atoms with Crippen LogP contribution in [0.2, 0.25) is 0 Å². The highest BCUT2D eigenvalue weighted by Gasteiger charge is 2.29. The van der Waals surface area contributed by atoms with E-state index >= 15 is 0 Å². The summed E-state index contributed by atoms with van der Waals surface area (Å²) < 4.78 is 26.3.